The highest BCUT2D eigenvalue weighted by atomic mass is 32.1. The van der Waals surface area contributed by atoms with Crippen LogP contribution in [0.3, 0.4) is 0 Å². The molecule has 13 aromatic rings. The maximum Gasteiger partial charge on any atom is 0.164 e. The summed E-state index contributed by atoms with van der Waals surface area (Å²) in [4.78, 5) is 15.8. The van der Waals surface area contributed by atoms with E-state index in [1.54, 1.807) is 11.3 Å². The lowest BCUT2D eigenvalue weighted by molar-refractivity contribution is 0.670. The first-order valence-electron chi connectivity index (χ1n) is 21.5. The summed E-state index contributed by atoms with van der Waals surface area (Å²) in [7, 11) is 0. The van der Waals surface area contributed by atoms with Crippen molar-refractivity contribution in [2.45, 2.75) is 0 Å². The van der Waals surface area contributed by atoms with Gasteiger partial charge in [-0.25, -0.2) is 15.0 Å². The maximum absolute atomic E-state index is 6.73. The van der Waals surface area contributed by atoms with E-state index in [2.05, 4.69) is 200 Å². The summed E-state index contributed by atoms with van der Waals surface area (Å²) in [5, 5.41) is 9.34. The predicted octanol–water partition coefficient (Wildman–Crippen LogP) is 16.4. The molecule has 0 bridgehead atoms. The van der Waals surface area contributed by atoms with Crippen LogP contribution in [0.1, 0.15) is 0 Å². The van der Waals surface area contributed by atoms with Crippen LogP contribution in [0, 0.1) is 0 Å². The molecule has 0 radical (unpaired) electrons. The van der Waals surface area contributed by atoms with Crippen molar-refractivity contribution >= 4 is 75.0 Å². The number of aromatic nitrogens is 3. The maximum atomic E-state index is 6.73. The zero-order valence-electron chi connectivity index (χ0n) is 34.4. The minimum absolute atomic E-state index is 0.608. The third-order valence-corrected chi connectivity index (χ3v) is 13.7. The smallest absolute Gasteiger partial charge is 0.164 e. The fourth-order valence-electron chi connectivity index (χ4n) is 9.37. The van der Waals surface area contributed by atoms with Crippen molar-refractivity contribution in [3.63, 3.8) is 0 Å². The molecule has 0 aliphatic rings. The van der Waals surface area contributed by atoms with Crippen molar-refractivity contribution < 1.29 is 4.42 Å². The van der Waals surface area contributed by atoms with Gasteiger partial charge in [-0.15, -0.1) is 11.3 Å². The number of benzene rings is 10. The molecule has 64 heavy (non-hydrogen) atoms. The van der Waals surface area contributed by atoms with Gasteiger partial charge < -0.3 is 4.42 Å². The predicted molar refractivity (Wildman–Crippen MR) is 268 cm³/mol. The van der Waals surface area contributed by atoms with Crippen molar-refractivity contribution in [2.24, 2.45) is 0 Å². The average Bonchev–Trinajstić information content (AvgIpc) is 3.95. The van der Waals surface area contributed by atoms with Gasteiger partial charge in [-0.2, -0.15) is 0 Å². The molecule has 4 nitrogen and oxygen atoms in total. The van der Waals surface area contributed by atoms with Gasteiger partial charge in [0.05, 0.1) is 0 Å². The van der Waals surface area contributed by atoms with Crippen LogP contribution in [0.25, 0.3) is 131 Å². The first-order valence-corrected chi connectivity index (χ1v) is 22.3. The Balaban J connectivity index is 1.01. The van der Waals surface area contributed by atoms with Crippen molar-refractivity contribution in [1.82, 2.24) is 15.0 Å². The quantitative estimate of drug-likeness (QED) is 0.167. The summed E-state index contributed by atoms with van der Waals surface area (Å²) >= 11 is 1.80. The molecule has 0 amide bonds. The largest absolute Gasteiger partial charge is 0.455 e. The molecule has 0 saturated heterocycles. The molecular formula is C59H35N3OS. The Hall–Kier alpha value is -8.25. The molecule has 0 aliphatic carbocycles. The van der Waals surface area contributed by atoms with Crippen LogP contribution >= 0.6 is 11.3 Å². The molecule has 0 fully saturated rings. The zero-order chi connectivity index (χ0) is 42.1. The lowest BCUT2D eigenvalue weighted by Crippen LogP contribution is -2.00. The monoisotopic (exact) mass is 833 g/mol. The van der Waals surface area contributed by atoms with Gasteiger partial charge in [0.2, 0.25) is 0 Å². The van der Waals surface area contributed by atoms with Crippen molar-refractivity contribution in [3.8, 4) is 67.5 Å². The van der Waals surface area contributed by atoms with Crippen LogP contribution in [-0.2, 0) is 0 Å². The molecule has 3 heterocycles. The molecule has 3 aromatic heterocycles. The van der Waals surface area contributed by atoms with E-state index in [9.17, 15) is 0 Å². The Kier molecular flexibility index (Phi) is 8.36. The molecule has 0 aliphatic heterocycles. The van der Waals surface area contributed by atoms with E-state index >= 15 is 0 Å². The van der Waals surface area contributed by atoms with Crippen LogP contribution in [0.4, 0.5) is 0 Å². The van der Waals surface area contributed by atoms with Crippen LogP contribution in [0.5, 0.6) is 0 Å². The highest BCUT2D eigenvalue weighted by molar-refractivity contribution is 7.25. The molecule has 298 valence electrons. The molecular weight excluding hydrogens is 799 g/mol. The number of hydrogen-bond donors (Lipinski definition) is 0. The lowest BCUT2D eigenvalue weighted by Gasteiger charge is -2.14. The van der Waals surface area contributed by atoms with E-state index in [1.165, 1.54) is 36.5 Å². The van der Waals surface area contributed by atoms with E-state index in [0.29, 0.717) is 17.5 Å². The summed E-state index contributed by atoms with van der Waals surface area (Å²) in [6.45, 7) is 0. The normalized spacial score (nSPS) is 11.8. The van der Waals surface area contributed by atoms with Gasteiger partial charge >= 0.3 is 0 Å². The van der Waals surface area contributed by atoms with Crippen molar-refractivity contribution in [3.05, 3.63) is 212 Å². The zero-order valence-corrected chi connectivity index (χ0v) is 35.2. The Labute approximate surface area is 372 Å². The molecule has 0 saturated carbocycles. The molecule has 5 heteroatoms. The molecule has 0 spiro atoms. The van der Waals surface area contributed by atoms with E-state index in [4.69, 9.17) is 19.4 Å². The highest BCUT2D eigenvalue weighted by Gasteiger charge is 2.21. The molecule has 0 N–H and O–H groups in total. The summed E-state index contributed by atoms with van der Waals surface area (Å²) in [5.41, 5.74) is 11.1. The van der Waals surface area contributed by atoms with Crippen molar-refractivity contribution in [2.75, 3.05) is 0 Å². The number of para-hydroxylation sites is 1. The Morgan fingerprint density at radius 2 is 0.906 bits per heavy atom. The standard InChI is InChI=1S/C59H35N3OS/c1-2-13-38(14-3-1)46-30-31-49(55-50-19-8-10-20-52(50)63-56(46)55)51-34-44(33-42-16-6-7-17-45(42)51)59-61-57(39-25-22-37(23-26-39)41-27-24-36-12-4-5-15-40(36)32-41)60-58(62-59)43-28-29-48-47-18-9-11-21-53(47)64-54(48)35-43/h1-35H. The number of furan rings is 1. The fraction of sp³-hybridized carbons (Fsp3) is 0. The van der Waals surface area contributed by atoms with Gasteiger partial charge in [-0.1, -0.05) is 170 Å². The second kappa shape index (κ2) is 14.7. The third-order valence-electron chi connectivity index (χ3n) is 12.5. The van der Waals surface area contributed by atoms with E-state index in [-0.39, 0.29) is 0 Å². The van der Waals surface area contributed by atoms with Gasteiger partial charge in [0.25, 0.3) is 0 Å². The van der Waals surface area contributed by atoms with E-state index in [0.717, 1.165) is 77.2 Å². The number of thiophene rings is 1. The topological polar surface area (TPSA) is 51.8 Å². The first kappa shape index (κ1) is 36.4. The molecule has 0 atom stereocenters. The van der Waals surface area contributed by atoms with Crippen LogP contribution in [0.15, 0.2) is 217 Å². The summed E-state index contributed by atoms with van der Waals surface area (Å²) in [6, 6.07) is 75.2. The average molecular weight is 834 g/mol. The minimum atomic E-state index is 0.608. The van der Waals surface area contributed by atoms with E-state index in [1.807, 2.05) is 12.1 Å². The second-order valence-corrected chi connectivity index (χ2v) is 17.4. The Morgan fingerprint density at radius 3 is 1.75 bits per heavy atom. The van der Waals surface area contributed by atoms with Gasteiger partial charge in [-0.05, 0) is 91.8 Å². The van der Waals surface area contributed by atoms with Gasteiger partial charge in [-0.3, -0.25) is 0 Å². The van der Waals surface area contributed by atoms with Crippen LogP contribution in [-0.4, -0.2) is 15.0 Å². The Morgan fingerprint density at radius 1 is 0.312 bits per heavy atom. The number of nitrogens with zero attached hydrogens (tertiary/aromatic N) is 3. The minimum Gasteiger partial charge on any atom is -0.455 e. The first-order chi connectivity index (χ1) is 31.7. The lowest BCUT2D eigenvalue weighted by atomic mass is 9.90. The highest BCUT2D eigenvalue weighted by Crippen LogP contribution is 2.45. The number of hydrogen-bond acceptors (Lipinski definition) is 5. The van der Waals surface area contributed by atoms with Crippen LogP contribution in [0.2, 0.25) is 0 Å². The number of fused-ring (bicyclic) bond motifs is 8. The SMILES string of the molecule is c1ccc(-c2ccc(-c3cc(-c4nc(-c5ccc(-c6ccc7ccccc7c6)cc5)nc(-c5ccc6c(c5)sc5ccccc56)n4)cc4ccccc34)c3c2oc2ccccc23)cc1. The summed E-state index contributed by atoms with van der Waals surface area (Å²) < 4.78 is 9.19. The molecule has 0 unspecified atom stereocenters. The Bertz CT molecular complexity index is 3960. The van der Waals surface area contributed by atoms with Crippen molar-refractivity contribution in [1.29, 1.82) is 0 Å². The summed E-state index contributed by atoms with van der Waals surface area (Å²) in [5.74, 6) is 1.85. The fourth-order valence-corrected chi connectivity index (χ4v) is 10.5. The number of rotatable bonds is 6. The van der Waals surface area contributed by atoms with Gasteiger partial charge in [0, 0.05) is 53.2 Å². The van der Waals surface area contributed by atoms with Crippen LogP contribution < -0.4 is 0 Å². The molecule has 10 aromatic carbocycles. The second-order valence-electron chi connectivity index (χ2n) is 16.3. The van der Waals surface area contributed by atoms with E-state index < -0.39 is 0 Å². The summed E-state index contributed by atoms with van der Waals surface area (Å²) in [6.07, 6.45) is 0. The third kappa shape index (κ3) is 6.09. The molecule has 13 rings (SSSR count). The van der Waals surface area contributed by atoms with Gasteiger partial charge in [0.1, 0.15) is 11.2 Å². The van der Waals surface area contributed by atoms with Gasteiger partial charge in [0.15, 0.2) is 17.5 Å².